The fourth-order valence-corrected chi connectivity index (χ4v) is 2.60. The van der Waals surface area contributed by atoms with E-state index in [0.717, 1.165) is 6.04 Å². The molecule has 2 aliphatic rings. The minimum absolute atomic E-state index is 0.498. The van der Waals surface area contributed by atoms with E-state index in [4.69, 9.17) is 0 Å². The van der Waals surface area contributed by atoms with E-state index in [1.807, 2.05) is 13.8 Å². The van der Waals surface area contributed by atoms with Gasteiger partial charge in [-0.15, -0.1) is 0 Å². The van der Waals surface area contributed by atoms with E-state index >= 15 is 0 Å². The first-order valence-electron chi connectivity index (χ1n) is 7.03. The molecule has 96 valence electrons. The Morgan fingerprint density at radius 2 is 1.88 bits per heavy atom. The second kappa shape index (κ2) is 6.02. The van der Waals surface area contributed by atoms with Crippen LogP contribution in [0.15, 0.2) is 0 Å². The predicted molar refractivity (Wildman–Crippen MR) is 71.8 cm³/mol. The summed E-state index contributed by atoms with van der Waals surface area (Å²) in [6.07, 6.45) is 5.61. The normalized spacial score (nSPS) is 28.5. The van der Waals surface area contributed by atoms with Crippen molar-refractivity contribution in [1.82, 2.24) is 10.2 Å². The van der Waals surface area contributed by atoms with Crippen molar-refractivity contribution >= 4 is 0 Å². The zero-order valence-corrected chi connectivity index (χ0v) is 11.8. The van der Waals surface area contributed by atoms with Crippen molar-refractivity contribution in [2.75, 3.05) is 20.1 Å². The Morgan fingerprint density at radius 1 is 1.25 bits per heavy atom. The molecule has 0 bridgehead atoms. The molecule has 0 spiro atoms. The summed E-state index contributed by atoms with van der Waals surface area (Å²) in [7, 11) is 2.29. The molecule has 1 unspecified atom stereocenters. The van der Waals surface area contributed by atoms with Crippen molar-refractivity contribution in [3.63, 3.8) is 0 Å². The molecule has 1 heterocycles. The van der Waals surface area contributed by atoms with Gasteiger partial charge in [0, 0.05) is 18.6 Å². The number of rotatable bonds is 3. The Kier molecular flexibility index (Phi) is 5.26. The Bertz CT molecular complexity index is 197. The number of hydrogen-bond donors (Lipinski definition) is 1. The van der Waals surface area contributed by atoms with E-state index in [2.05, 4.69) is 31.1 Å². The maximum atomic E-state index is 3.64. The van der Waals surface area contributed by atoms with Crippen molar-refractivity contribution in [3.8, 4) is 0 Å². The van der Waals surface area contributed by atoms with Gasteiger partial charge < -0.3 is 10.2 Å². The van der Waals surface area contributed by atoms with E-state index in [1.54, 1.807) is 0 Å². The lowest BCUT2D eigenvalue weighted by Gasteiger charge is -2.38. The van der Waals surface area contributed by atoms with E-state index in [1.165, 1.54) is 38.8 Å². The lowest BCUT2D eigenvalue weighted by Crippen LogP contribution is -2.47. The number of likely N-dealkylation sites (N-methyl/N-ethyl adjacent to an activating group) is 1. The van der Waals surface area contributed by atoms with Crippen molar-refractivity contribution in [3.05, 3.63) is 0 Å². The van der Waals surface area contributed by atoms with Gasteiger partial charge in [0.1, 0.15) is 0 Å². The molecular weight excluding hydrogens is 196 g/mol. The standard InChI is InChI=1S/C12H24N2.C2H6/c1-12(2)7-8-13-11(12)9-14(3)10-5-4-6-10;1-2/h10-11,13H,4-9H2,1-3H3;1-2H3. The third-order valence-corrected chi connectivity index (χ3v) is 4.27. The highest BCUT2D eigenvalue weighted by Gasteiger charge is 2.36. The molecule has 2 nitrogen and oxygen atoms in total. The van der Waals surface area contributed by atoms with Gasteiger partial charge >= 0.3 is 0 Å². The van der Waals surface area contributed by atoms with Crippen LogP contribution in [0.4, 0.5) is 0 Å². The quantitative estimate of drug-likeness (QED) is 0.796. The van der Waals surface area contributed by atoms with Gasteiger partial charge in [-0.2, -0.15) is 0 Å². The highest BCUT2D eigenvalue weighted by molar-refractivity contribution is 4.93. The second-order valence-corrected chi connectivity index (χ2v) is 5.77. The van der Waals surface area contributed by atoms with Crippen LogP contribution in [0.2, 0.25) is 0 Å². The van der Waals surface area contributed by atoms with Crippen molar-refractivity contribution in [2.24, 2.45) is 5.41 Å². The highest BCUT2D eigenvalue weighted by Crippen LogP contribution is 2.32. The molecule has 1 aliphatic carbocycles. The third kappa shape index (κ3) is 3.21. The van der Waals surface area contributed by atoms with Crippen LogP contribution in [0.5, 0.6) is 0 Å². The van der Waals surface area contributed by atoms with Crippen molar-refractivity contribution < 1.29 is 0 Å². The molecule has 0 radical (unpaired) electrons. The van der Waals surface area contributed by atoms with Gasteiger partial charge in [-0.3, -0.25) is 0 Å². The van der Waals surface area contributed by atoms with Crippen LogP contribution in [0, 0.1) is 5.41 Å². The molecule has 1 saturated carbocycles. The lowest BCUT2D eigenvalue weighted by atomic mass is 9.83. The molecule has 0 aromatic heterocycles. The SMILES string of the molecule is CC.CN(CC1NCCC1(C)C)C1CCC1. The highest BCUT2D eigenvalue weighted by atomic mass is 15.2. The Hall–Kier alpha value is -0.0800. The van der Waals surface area contributed by atoms with Crippen molar-refractivity contribution in [2.45, 2.75) is 65.5 Å². The average molecular weight is 226 g/mol. The molecule has 16 heavy (non-hydrogen) atoms. The maximum Gasteiger partial charge on any atom is 0.0246 e. The summed E-state index contributed by atoms with van der Waals surface area (Å²) in [4.78, 5) is 2.56. The summed E-state index contributed by atoms with van der Waals surface area (Å²) in [6, 6.07) is 1.58. The van der Waals surface area contributed by atoms with Crippen LogP contribution in [0.25, 0.3) is 0 Å². The fraction of sp³-hybridized carbons (Fsp3) is 1.00. The fourth-order valence-electron chi connectivity index (χ4n) is 2.60. The Labute approximate surface area is 102 Å². The zero-order chi connectivity index (χ0) is 12.2. The van der Waals surface area contributed by atoms with Gasteiger partial charge in [0.25, 0.3) is 0 Å². The van der Waals surface area contributed by atoms with Gasteiger partial charge in [-0.25, -0.2) is 0 Å². The van der Waals surface area contributed by atoms with E-state index in [-0.39, 0.29) is 0 Å². The minimum Gasteiger partial charge on any atom is -0.312 e. The van der Waals surface area contributed by atoms with Crippen LogP contribution in [-0.4, -0.2) is 37.1 Å². The summed E-state index contributed by atoms with van der Waals surface area (Å²) in [5.74, 6) is 0. The largest absolute Gasteiger partial charge is 0.312 e. The first-order valence-corrected chi connectivity index (χ1v) is 7.03. The maximum absolute atomic E-state index is 3.64. The number of hydrogen-bond acceptors (Lipinski definition) is 2. The first kappa shape index (κ1) is 14.0. The summed E-state index contributed by atoms with van der Waals surface area (Å²) in [5.41, 5.74) is 0.498. The lowest BCUT2D eigenvalue weighted by molar-refractivity contribution is 0.126. The second-order valence-electron chi connectivity index (χ2n) is 5.77. The molecule has 2 fully saturated rings. The summed E-state index contributed by atoms with van der Waals surface area (Å²) in [6.45, 7) is 11.2. The predicted octanol–water partition coefficient (Wildman–Crippen LogP) is 2.89. The minimum atomic E-state index is 0.498. The van der Waals surface area contributed by atoms with Crippen LogP contribution >= 0.6 is 0 Å². The molecule has 2 heteroatoms. The molecule has 1 aliphatic heterocycles. The number of nitrogens with one attached hydrogen (secondary N) is 1. The Balaban J connectivity index is 0.000000606. The molecule has 1 N–H and O–H groups in total. The van der Waals surface area contributed by atoms with Crippen molar-refractivity contribution in [1.29, 1.82) is 0 Å². The van der Waals surface area contributed by atoms with Gasteiger partial charge in [0.15, 0.2) is 0 Å². The molecule has 0 aromatic carbocycles. The summed E-state index contributed by atoms with van der Waals surface area (Å²) >= 11 is 0. The molecule has 1 atom stereocenters. The van der Waals surface area contributed by atoms with Gasteiger partial charge in [-0.05, 0) is 38.3 Å². The summed E-state index contributed by atoms with van der Waals surface area (Å²) in [5, 5.41) is 3.64. The summed E-state index contributed by atoms with van der Waals surface area (Å²) < 4.78 is 0. The van der Waals surface area contributed by atoms with Gasteiger partial charge in [0.05, 0.1) is 0 Å². The molecular formula is C14H30N2. The van der Waals surface area contributed by atoms with Crippen LogP contribution in [-0.2, 0) is 0 Å². The zero-order valence-electron chi connectivity index (χ0n) is 11.8. The van der Waals surface area contributed by atoms with E-state index in [0.29, 0.717) is 11.5 Å². The van der Waals surface area contributed by atoms with Crippen LogP contribution < -0.4 is 5.32 Å². The monoisotopic (exact) mass is 226 g/mol. The molecule has 0 aromatic rings. The first-order chi connectivity index (χ1) is 7.59. The topological polar surface area (TPSA) is 15.3 Å². The van der Waals surface area contributed by atoms with Crippen LogP contribution in [0.1, 0.15) is 53.4 Å². The molecule has 0 amide bonds. The van der Waals surface area contributed by atoms with Gasteiger partial charge in [-0.1, -0.05) is 34.1 Å². The Morgan fingerprint density at radius 3 is 2.25 bits per heavy atom. The third-order valence-electron chi connectivity index (χ3n) is 4.27. The van der Waals surface area contributed by atoms with Gasteiger partial charge in [0.2, 0.25) is 0 Å². The number of nitrogens with zero attached hydrogens (tertiary/aromatic N) is 1. The average Bonchev–Trinajstić information content (AvgIpc) is 2.46. The van der Waals surface area contributed by atoms with E-state index in [9.17, 15) is 0 Å². The molecule has 1 saturated heterocycles. The molecule has 2 rings (SSSR count). The van der Waals surface area contributed by atoms with E-state index < -0.39 is 0 Å². The smallest absolute Gasteiger partial charge is 0.0246 e. The van der Waals surface area contributed by atoms with Crippen LogP contribution in [0.3, 0.4) is 0 Å².